The van der Waals surface area contributed by atoms with Gasteiger partial charge in [0.15, 0.2) is 0 Å². The van der Waals surface area contributed by atoms with Crippen LogP contribution >= 0.6 is 11.6 Å². The van der Waals surface area contributed by atoms with E-state index < -0.39 is 12.1 Å². The molecule has 194 valence electrons. The number of carbonyl (C=O) groups is 1. The number of likely N-dealkylation sites (tertiary alicyclic amines) is 1. The molecule has 3 atom stereocenters. The first-order valence-electron chi connectivity index (χ1n) is 12.7. The number of benzene rings is 2. The Morgan fingerprint density at radius 3 is 2.84 bits per heavy atom. The van der Waals surface area contributed by atoms with Crippen molar-refractivity contribution in [2.24, 2.45) is 11.8 Å². The van der Waals surface area contributed by atoms with Crippen LogP contribution in [0.5, 0.6) is 5.75 Å². The first-order valence-corrected chi connectivity index (χ1v) is 13.1. The summed E-state index contributed by atoms with van der Waals surface area (Å²) in [5.41, 5.74) is 2.48. The number of halogens is 1. The average Bonchev–Trinajstić information content (AvgIpc) is 2.91. The minimum atomic E-state index is -0.772. The van der Waals surface area contributed by atoms with Crippen molar-refractivity contribution in [3.8, 4) is 17.6 Å². The van der Waals surface area contributed by atoms with Crippen molar-refractivity contribution in [1.29, 1.82) is 0 Å². The van der Waals surface area contributed by atoms with Gasteiger partial charge in [0.1, 0.15) is 5.75 Å². The second-order valence-corrected chi connectivity index (χ2v) is 10.0. The number of methoxy groups -OCH3 is 1. The van der Waals surface area contributed by atoms with E-state index in [0.717, 1.165) is 53.7 Å². The Labute approximate surface area is 223 Å². The smallest absolute Gasteiger partial charge is 0.303 e. The minimum absolute atomic E-state index is 0.150. The van der Waals surface area contributed by atoms with E-state index in [1.54, 1.807) is 13.3 Å². The number of pyridine rings is 1. The molecule has 6 nitrogen and oxygen atoms in total. The molecule has 0 bridgehead atoms. The van der Waals surface area contributed by atoms with Gasteiger partial charge in [-0.2, -0.15) is 0 Å². The van der Waals surface area contributed by atoms with Gasteiger partial charge >= 0.3 is 5.97 Å². The number of hydrogen-bond donors (Lipinski definition) is 2. The first kappa shape index (κ1) is 26.9. The summed E-state index contributed by atoms with van der Waals surface area (Å²) in [5.74, 6) is 6.94. The van der Waals surface area contributed by atoms with Crippen LogP contribution in [0.15, 0.2) is 54.7 Å². The molecule has 0 spiro atoms. The second-order valence-electron chi connectivity index (χ2n) is 9.63. The van der Waals surface area contributed by atoms with E-state index >= 15 is 0 Å². The van der Waals surface area contributed by atoms with E-state index in [0.29, 0.717) is 30.3 Å². The van der Waals surface area contributed by atoms with Crippen LogP contribution in [0.3, 0.4) is 0 Å². The van der Waals surface area contributed by atoms with Gasteiger partial charge < -0.3 is 14.9 Å². The molecule has 0 aliphatic carbocycles. The van der Waals surface area contributed by atoms with E-state index in [4.69, 9.17) is 16.3 Å². The van der Waals surface area contributed by atoms with Crippen molar-refractivity contribution in [3.63, 3.8) is 0 Å². The van der Waals surface area contributed by atoms with E-state index in [9.17, 15) is 15.0 Å². The average molecular weight is 521 g/mol. The molecule has 0 radical (unpaired) electrons. The summed E-state index contributed by atoms with van der Waals surface area (Å²) in [4.78, 5) is 18.0. The van der Waals surface area contributed by atoms with E-state index in [1.165, 1.54) is 0 Å². The maximum atomic E-state index is 11.3. The molecule has 1 fully saturated rings. The molecule has 2 heterocycles. The second kappa shape index (κ2) is 12.9. The standard InChI is InChI=1S/C30H33ClN2O4/c1-37-24-10-11-28-26(19-24)25(14-16-32-28)29(34)12-8-21-15-18-33(20-23(21)9-13-30(35)36)17-4-6-22-5-2-3-7-27(22)31/h2-3,5,7,10-11,14,16,19,21,23,29,34H,8-9,12-13,15,17-18,20H2,1H3,(H,35,36)/t21-,23-,29-/m1/s1. The number of aliphatic hydroxyl groups excluding tert-OH is 1. The van der Waals surface area contributed by atoms with Crippen LogP contribution in [-0.4, -0.2) is 52.8 Å². The number of fused-ring (bicyclic) bond motifs is 1. The van der Waals surface area contributed by atoms with E-state index in [-0.39, 0.29) is 12.3 Å². The normalized spacial score (nSPS) is 18.7. The summed E-state index contributed by atoms with van der Waals surface area (Å²) in [6, 6.07) is 15.1. The number of carboxylic acid groups (broad SMARTS) is 1. The van der Waals surface area contributed by atoms with Crippen LogP contribution in [0, 0.1) is 23.7 Å². The van der Waals surface area contributed by atoms with Gasteiger partial charge in [-0.05, 0) is 86.0 Å². The van der Waals surface area contributed by atoms with Crippen molar-refractivity contribution < 1.29 is 19.7 Å². The van der Waals surface area contributed by atoms with Crippen LogP contribution in [0.1, 0.15) is 49.3 Å². The maximum absolute atomic E-state index is 11.3. The van der Waals surface area contributed by atoms with Crippen molar-refractivity contribution in [3.05, 3.63) is 70.9 Å². The summed E-state index contributed by atoms with van der Waals surface area (Å²) in [5, 5.41) is 21.9. The largest absolute Gasteiger partial charge is 0.497 e. The zero-order valence-electron chi connectivity index (χ0n) is 21.1. The third kappa shape index (κ3) is 7.23. The van der Waals surface area contributed by atoms with Crippen molar-refractivity contribution in [2.45, 2.75) is 38.2 Å². The van der Waals surface area contributed by atoms with Crippen LogP contribution in [-0.2, 0) is 4.79 Å². The highest BCUT2D eigenvalue weighted by Crippen LogP contribution is 2.35. The Hall–Kier alpha value is -3.11. The predicted molar refractivity (Wildman–Crippen MR) is 146 cm³/mol. The van der Waals surface area contributed by atoms with Gasteiger partial charge in [0.2, 0.25) is 0 Å². The number of rotatable bonds is 9. The highest BCUT2D eigenvalue weighted by molar-refractivity contribution is 6.31. The van der Waals surface area contributed by atoms with Crippen LogP contribution < -0.4 is 4.74 Å². The van der Waals surface area contributed by atoms with Crippen molar-refractivity contribution >= 4 is 28.5 Å². The van der Waals surface area contributed by atoms with Gasteiger partial charge in [0.05, 0.1) is 30.3 Å². The SMILES string of the molecule is COc1ccc2nccc([C@H](O)CC[C@@H]3CCN(CC#Cc4ccccc4Cl)C[C@H]3CCC(=O)O)c2c1. The van der Waals surface area contributed by atoms with Crippen LogP contribution in [0.4, 0.5) is 0 Å². The van der Waals surface area contributed by atoms with Crippen molar-refractivity contribution in [2.75, 3.05) is 26.7 Å². The Morgan fingerprint density at radius 2 is 2.05 bits per heavy atom. The van der Waals surface area contributed by atoms with Crippen LogP contribution in [0.25, 0.3) is 10.9 Å². The fourth-order valence-corrected chi connectivity index (χ4v) is 5.40. The molecule has 0 amide bonds. The van der Waals surface area contributed by atoms with Crippen molar-refractivity contribution in [1.82, 2.24) is 9.88 Å². The molecule has 4 rings (SSSR count). The monoisotopic (exact) mass is 520 g/mol. The van der Waals surface area contributed by atoms with Gasteiger partial charge in [0, 0.05) is 30.1 Å². The quantitative estimate of drug-likeness (QED) is 0.359. The summed E-state index contributed by atoms with van der Waals surface area (Å²) in [7, 11) is 1.62. The summed E-state index contributed by atoms with van der Waals surface area (Å²) in [6.45, 7) is 2.33. The Bertz CT molecular complexity index is 1290. The van der Waals surface area contributed by atoms with Crippen LogP contribution in [0.2, 0.25) is 5.02 Å². The molecule has 2 N–H and O–H groups in total. The van der Waals surface area contributed by atoms with Gasteiger partial charge in [-0.1, -0.05) is 35.6 Å². The fraction of sp³-hybridized carbons (Fsp3) is 0.400. The predicted octanol–water partition coefficient (Wildman–Crippen LogP) is 5.57. The molecule has 1 saturated heterocycles. The number of ether oxygens (including phenoxy) is 1. The molecule has 1 aliphatic heterocycles. The zero-order chi connectivity index (χ0) is 26.2. The fourth-order valence-electron chi connectivity index (χ4n) is 5.22. The lowest BCUT2D eigenvalue weighted by Gasteiger charge is -2.38. The number of aliphatic hydroxyl groups is 1. The lowest BCUT2D eigenvalue weighted by atomic mass is 9.79. The van der Waals surface area contributed by atoms with Gasteiger partial charge in [-0.3, -0.25) is 14.7 Å². The zero-order valence-corrected chi connectivity index (χ0v) is 21.8. The summed E-state index contributed by atoms with van der Waals surface area (Å²) < 4.78 is 5.36. The number of hydrogen-bond acceptors (Lipinski definition) is 5. The molecule has 3 aromatic rings. The molecule has 37 heavy (non-hydrogen) atoms. The highest BCUT2D eigenvalue weighted by Gasteiger charge is 2.30. The first-order chi connectivity index (χ1) is 17.9. The van der Waals surface area contributed by atoms with E-state index in [1.807, 2.05) is 48.5 Å². The molecule has 0 unspecified atom stereocenters. The molecular formula is C30H33ClN2O4. The number of piperidine rings is 1. The topological polar surface area (TPSA) is 82.9 Å². The number of aromatic nitrogens is 1. The number of nitrogens with zero attached hydrogens (tertiary/aromatic N) is 2. The molecule has 7 heteroatoms. The van der Waals surface area contributed by atoms with E-state index in [2.05, 4.69) is 21.7 Å². The molecular weight excluding hydrogens is 488 g/mol. The lowest BCUT2D eigenvalue weighted by molar-refractivity contribution is -0.137. The van der Waals surface area contributed by atoms with Gasteiger partial charge in [-0.25, -0.2) is 0 Å². The summed E-state index contributed by atoms with van der Waals surface area (Å²) >= 11 is 6.21. The molecule has 1 aromatic heterocycles. The highest BCUT2D eigenvalue weighted by atomic mass is 35.5. The molecule has 2 aromatic carbocycles. The van der Waals surface area contributed by atoms with Gasteiger partial charge in [0.25, 0.3) is 0 Å². The Morgan fingerprint density at radius 1 is 1.22 bits per heavy atom. The lowest BCUT2D eigenvalue weighted by Crippen LogP contribution is -2.41. The summed E-state index contributed by atoms with van der Waals surface area (Å²) in [6.07, 6.45) is 4.27. The number of aliphatic carboxylic acids is 1. The third-order valence-electron chi connectivity index (χ3n) is 7.26. The Balaban J connectivity index is 1.40. The Kier molecular flexibility index (Phi) is 9.40. The molecule has 1 aliphatic rings. The van der Waals surface area contributed by atoms with Gasteiger partial charge in [-0.15, -0.1) is 0 Å². The third-order valence-corrected chi connectivity index (χ3v) is 7.59. The minimum Gasteiger partial charge on any atom is -0.497 e. The maximum Gasteiger partial charge on any atom is 0.303 e. The number of carboxylic acids is 1. The molecule has 0 saturated carbocycles.